The summed E-state index contributed by atoms with van der Waals surface area (Å²) < 4.78 is 42.5. The van der Waals surface area contributed by atoms with Crippen LogP contribution < -0.4 is 23.8 Å². The summed E-state index contributed by atoms with van der Waals surface area (Å²) in [6.45, 7) is 5.81. The van der Waals surface area contributed by atoms with Crippen molar-refractivity contribution in [2.75, 3.05) is 45.0 Å². The highest BCUT2D eigenvalue weighted by Gasteiger charge is 2.32. The van der Waals surface area contributed by atoms with Crippen LogP contribution in [-0.4, -0.2) is 71.8 Å². The second kappa shape index (κ2) is 13.9. The van der Waals surface area contributed by atoms with Crippen molar-refractivity contribution in [1.82, 2.24) is 10.2 Å². The quantitative estimate of drug-likeness (QED) is 0.385. The summed E-state index contributed by atoms with van der Waals surface area (Å²) in [4.78, 5) is 28.4. The zero-order valence-electron chi connectivity index (χ0n) is 23.2. The van der Waals surface area contributed by atoms with E-state index < -0.39 is 28.5 Å². The van der Waals surface area contributed by atoms with Crippen LogP contribution >= 0.6 is 0 Å². The van der Waals surface area contributed by atoms with Crippen LogP contribution in [0.3, 0.4) is 0 Å². The molecule has 0 unspecified atom stereocenters. The van der Waals surface area contributed by atoms with Gasteiger partial charge in [0.25, 0.3) is 0 Å². The van der Waals surface area contributed by atoms with Crippen molar-refractivity contribution in [3.8, 4) is 17.2 Å². The molecule has 0 radical (unpaired) electrons. The molecule has 2 aromatic carbocycles. The van der Waals surface area contributed by atoms with Gasteiger partial charge in [0.2, 0.25) is 21.8 Å². The fourth-order valence-electron chi connectivity index (χ4n) is 3.90. The highest BCUT2D eigenvalue weighted by molar-refractivity contribution is 7.92. The van der Waals surface area contributed by atoms with Crippen LogP contribution in [-0.2, 0) is 26.2 Å². The van der Waals surface area contributed by atoms with E-state index in [1.165, 1.54) is 31.3 Å². The number of ether oxygens (including phenoxy) is 3. The molecule has 0 fully saturated rings. The van der Waals surface area contributed by atoms with Crippen LogP contribution in [0.15, 0.2) is 42.5 Å². The molecule has 2 aromatic rings. The van der Waals surface area contributed by atoms with Crippen LogP contribution in [0.1, 0.15) is 32.8 Å². The summed E-state index contributed by atoms with van der Waals surface area (Å²) in [5.74, 6) is 0.747. The average molecular weight is 550 g/mol. The molecular weight excluding hydrogens is 510 g/mol. The molecule has 0 spiro atoms. The van der Waals surface area contributed by atoms with E-state index in [0.717, 1.165) is 16.1 Å². The molecule has 210 valence electrons. The maximum absolute atomic E-state index is 13.8. The molecule has 0 saturated heterocycles. The van der Waals surface area contributed by atoms with Crippen molar-refractivity contribution < 1.29 is 32.2 Å². The van der Waals surface area contributed by atoms with Gasteiger partial charge < -0.3 is 24.4 Å². The summed E-state index contributed by atoms with van der Waals surface area (Å²) in [7, 11) is 0.578. The van der Waals surface area contributed by atoms with Crippen LogP contribution in [0.5, 0.6) is 17.2 Å². The number of amides is 2. The van der Waals surface area contributed by atoms with Gasteiger partial charge >= 0.3 is 0 Å². The lowest BCUT2D eigenvalue weighted by molar-refractivity contribution is -0.140. The first-order valence-electron chi connectivity index (χ1n) is 12.3. The van der Waals surface area contributed by atoms with E-state index in [2.05, 4.69) is 5.32 Å². The van der Waals surface area contributed by atoms with Gasteiger partial charge in [0.05, 0.1) is 33.3 Å². The van der Waals surface area contributed by atoms with E-state index in [9.17, 15) is 18.0 Å². The Morgan fingerprint density at radius 2 is 1.66 bits per heavy atom. The molecule has 0 bridgehead atoms. The molecule has 2 rings (SSSR count). The van der Waals surface area contributed by atoms with Crippen LogP contribution in [0.4, 0.5) is 5.69 Å². The number of rotatable bonds is 14. The number of benzene rings is 2. The molecule has 0 aliphatic rings. The Morgan fingerprint density at radius 3 is 2.21 bits per heavy atom. The van der Waals surface area contributed by atoms with Crippen molar-refractivity contribution in [2.45, 2.75) is 39.8 Å². The molecule has 0 aromatic heterocycles. The summed E-state index contributed by atoms with van der Waals surface area (Å²) in [6, 6.07) is 11.0. The molecule has 10 nitrogen and oxygen atoms in total. The first kappa shape index (κ1) is 30.8. The number of hydrogen-bond acceptors (Lipinski definition) is 7. The van der Waals surface area contributed by atoms with Gasteiger partial charge in [-0.3, -0.25) is 13.9 Å². The number of sulfonamides is 1. The predicted molar refractivity (Wildman–Crippen MR) is 147 cm³/mol. The number of anilines is 1. The third-order valence-corrected chi connectivity index (χ3v) is 7.03. The van der Waals surface area contributed by atoms with E-state index in [1.807, 2.05) is 26.8 Å². The lowest BCUT2D eigenvalue weighted by Crippen LogP contribution is -2.52. The maximum atomic E-state index is 13.8. The van der Waals surface area contributed by atoms with Crippen LogP contribution in [0.2, 0.25) is 0 Å². The highest BCUT2D eigenvalue weighted by atomic mass is 32.2. The Kier molecular flexibility index (Phi) is 11.2. The van der Waals surface area contributed by atoms with Crippen molar-refractivity contribution >= 4 is 27.5 Å². The van der Waals surface area contributed by atoms with Gasteiger partial charge in [-0.2, -0.15) is 0 Å². The lowest BCUT2D eigenvalue weighted by atomic mass is 10.1. The Labute approximate surface area is 225 Å². The topological polar surface area (TPSA) is 114 Å². The van der Waals surface area contributed by atoms with Crippen molar-refractivity contribution in [3.05, 3.63) is 48.0 Å². The van der Waals surface area contributed by atoms with Gasteiger partial charge in [0.1, 0.15) is 18.3 Å². The molecule has 2 amide bonds. The second-order valence-electron chi connectivity index (χ2n) is 9.25. The minimum absolute atomic E-state index is 0.0905. The molecule has 0 aliphatic heterocycles. The van der Waals surface area contributed by atoms with E-state index in [1.54, 1.807) is 31.4 Å². The molecule has 1 N–H and O–H groups in total. The number of nitrogens with one attached hydrogen (secondary N) is 1. The first-order chi connectivity index (χ1) is 17.9. The fourth-order valence-corrected chi connectivity index (χ4v) is 4.74. The highest BCUT2D eigenvalue weighted by Crippen LogP contribution is 2.32. The molecule has 0 heterocycles. The van der Waals surface area contributed by atoms with E-state index in [0.29, 0.717) is 30.2 Å². The van der Waals surface area contributed by atoms with E-state index in [-0.39, 0.29) is 24.1 Å². The van der Waals surface area contributed by atoms with Crippen molar-refractivity contribution in [2.24, 2.45) is 5.92 Å². The minimum Gasteiger partial charge on any atom is -0.497 e. The third kappa shape index (κ3) is 8.27. The van der Waals surface area contributed by atoms with Crippen molar-refractivity contribution in [1.29, 1.82) is 0 Å². The molecular formula is C27H39N3O7S. The SMILES string of the molecule is CC[C@@H](C(=O)NCC(C)C)N(Cc1cccc(OC)c1)C(=O)CN(c1ccc(OC)c(OC)c1)S(C)(=O)=O. The minimum atomic E-state index is -3.88. The summed E-state index contributed by atoms with van der Waals surface area (Å²) in [5, 5.41) is 2.90. The Morgan fingerprint density at radius 1 is 0.974 bits per heavy atom. The van der Waals surface area contributed by atoms with E-state index in [4.69, 9.17) is 14.2 Å². The number of hydrogen-bond donors (Lipinski definition) is 1. The monoisotopic (exact) mass is 549 g/mol. The van der Waals surface area contributed by atoms with Gasteiger partial charge in [0, 0.05) is 19.2 Å². The van der Waals surface area contributed by atoms with Crippen molar-refractivity contribution in [3.63, 3.8) is 0 Å². The zero-order valence-corrected chi connectivity index (χ0v) is 24.0. The third-order valence-electron chi connectivity index (χ3n) is 5.89. The standard InChI is InChI=1S/C27H39N3O7S/c1-8-23(27(32)28-16-19(2)3)29(17-20-10-9-11-22(14-20)35-4)26(31)18-30(38(7,33)34)21-12-13-24(36-5)25(15-21)37-6/h9-15,19,23H,8,16-18H2,1-7H3,(H,28,32)/t23-/m0/s1. The Bertz CT molecular complexity index is 1200. The van der Waals surface area contributed by atoms with Crippen LogP contribution in [0, 0.1) is 5.92 Å². The molecule has 1 atom stereocenters. The normalized spacial score (nSPS) is 12.0. The second-order valence-corrected chi connectivity index (χ2v) is 11.2. The number of carbonyl (C=O) groups is 2. The molecule has 11 heteroatoms. The number of carbonyl (C=O) groups excluding carboxylic acids is 2. The molecule has 38 heavy (non-hydrogen) atoms. The first-order valence-corrected chi connectivity index (χ1v) is 14.2. The molecule has 0 aliphatic carbocycles. The Balaban J connectivity index is 2.49. The largest absolute Gasteiger partial charge is 0.497 e. The van der Waals surface area contributed by atoms with Gasteiger partial charge in [0.15, 0.2) is 11.5 Å². The molecule has 0 saturated carbocycles. The summed E-state index contributed by atoms with van der Waals surface area (Å²) in [6.07, 6.45) is 1.37. The van der Waals surface area contributed by atoms with Gasteiger partial charge in [-0.25, -0.2) is 8.42 Å². The number of nitrogens with zero attached hydrogens (tertiary/aromatic N) is 2. The van der Waals surface area contributed by atoms with Gasteiger partial charge in [-0.15, -0.1) is 0 Å². The van der Waals surface area contributed by atoms with E-state index >= 15 is 0 Å². The zero-order chi connectivity index (χ0) is 28.5. The fraction of sp³-hybridized carbons (Fsp3) is 0.481. The van der Waals surface area contributed by atoms with Gasteiger partial charge in [-0.05, 0) is 42.2 Å². The lowest BCUT2D eigenvalue weighted by Gasteiger charge is -2.33. The maximum Gasteiger partial charge on any atom is 0.244 e. The smallest absolute Gasteiger partial charge is 0.244 e. The Hall–Kier alpha value is -3.47. The van der Waals surface area contributed by atoms with Gasteiger partial charge in [-0.1, -0.05) is 32.9 Å². The summed E-state index contributed by atoms with van der Waals surface area (Å²) in [5.41, 5.74) is 0.974. The average Bonchev–Trinajstić information content (AvgIpc) is 2.89. The van der Waals surface area contributed by atoms with Crippen LogP contribution in [0.25, 0.3) is 0 Å². The number of methoxy groups -OCH3 is 3. The predicted octanol–water partition coefficient (Wildman–Crippen LogP) is 3.06. The summed E-state index contributed by atoms with van der Waals surface area (Å²) >= 11 is 0.